The van der Waals surface area contributed by atoms with Crippen LogP contribution in [0.2, 0.25) is 0 Å². The van der Waals surface area contributed by atoms with E-state index >= 15 is 0 Å². The molecule has 102 valence electrons. The van der Waals surface area contributed by atoms with Crippen molar-refractivity contribution in [2.75, 3.05) is 23.8 Å². The summed E-state index contributed by atoms with van der Waals surface area (Å²) in [5.74, 6) is 2.34. The van der Waals surface area contributed by atoms with Gasteiger partial charge in [0.2, 0.25) is 0 Å². The maximum Gasteiger partial charge on any atom is 0.138 e. The summed E-state index contributed by atoms with van der Waals surface area (Å²) in [6, 6.07) is 1.84. The van der Waals surface area contributed by atoms with Gasteiger partial charge in [0.05, 0.1) is 6.61 Å². The predicted octanol–water partition coefficient (Wildman–Crippen LogP) is 2.00. The van der Waals surface area contributed by atoms with Crippen LogP contribution < -0.4 is 10.6 Å². The number of hydrogen-bond donors (Lipinski definition) is 3. The normalized spacial score (nSPS) is 13.2. The Hall–Kier alpha value is -1.36. The molecule has 1 aromatic rings. The highest BCUT2D eigenvalue weighted by atomic mass is 16.3. The van der Waals surface area contributed by atoms with Gasteiger partial charge in [-0.2, -0.15) is 0 Å². The number of rotatable bonds is 5. The van der Waals surface area contributed by atoms with Gasteiger partial charge in [-0.3, -0.25) is 0 Å². The number of nitrogens with zero attached hydrogens (tertiary/aromatic N) is 2. The summed E-state index contributed by atoms with van der Waals surface area (Å²) in [4.78, 5) is 9.00. The minimum Gasteiger partial charge on any atom is -0.394 e. The molecule has 0 aliphatic heterocycles. The van der Waals surface area contributed by atoms with Crippen molar-refractivity contribution in [2.45, 2.75) is 46.1 Å². The monoisotopic (exact) mass is 252 g/mol. The van der Waals surface area contributed by atoms with Crippen LogP contribution in [-0.4, -0.2) is 34.3 Å². The van der Waals surface area contributed by atoms with Gasteiger partial charge >= 0.3 is 0 Å². The Morgan fingerprint density at radius 2 is 1.89 bits per heavy atom. The van der Waals surface area contributed by atoms with E-state index in [1.165, 1.54) is 0 Å². The quantitative estimate of drug-likeness (QED) is 0.747. The fraction of sp³-hybridized carbons (Fsp3) is 0.692. The van der Waals surface area contributed by atoms with E-state index in [0.29, 0.717) is 0 Å². The fourth-order valence-electron chi connectivity index (χ4n) is 1.43. The molecule has 1 atom stereocenters. The minimum absolute atomic E-state index is 0.0257. The van der Waals surface area contributed by atoms with E-state index in [4.69, 9.17) is 5.11 Å². The van der Waals surface area contributed by atoms with Crippen molar-refractivity contribution in [3.05, 3.63) is 11.9 Å². The van der Waals surface area contributed by atoms with Crippen LogP contribution in [0.3, 0.4) is 0 Å². The van der Waals surface area contributed by atoms with Crippen molar-refractivity contribution in [1.29, 1.82) is 0 Å². The lowest BCUT2D eigenvalue weighted by Gasteiger charge is -2.20. The van der Waals surface area contributed by atoms with Crippen molar-refractivity contribution in [3.63, 3.8) is 0 Å². The second-order valence-corrected chi connectivity index (χ2v) is 5.47. The van der Waals surface area contributed by atoms with Gasteiger partial charge in [0.25, 0.3) is 0 Å². The molecule has 0 aliphatic carbocycles. The zero-order valence-electron chi connectivity index (χ0n) is 11.9. The summed E-state index contributed by atoms with van der Waals surface area (Å²) >= 11 is 0. The molecule has 0 spiro atoms. The molecular weight excluding hydrogens is 228 g/mol. The van der Waals surface area contributed by atoms with Crippen LogP contribution in [0.15, 0.2) is 6.07 Å². The highest BCUT2D eigenvalue weighted by Crippen LogP contribution is 2.22. The number of aliphatic hydroxyl groups is 1. The Balaban J connectivity index is 3.06. The second kappa shape index (κ2) is 6.00. The van der Waals surface area contributed by atoms with E-state index in [0.717, 1.165) is 24.0 Å². The highest BCUT2D eigenvalue weighted by molar-refractivity contribution is 5.48. The Kier molecular flexibility index (Phi) is 4.90. The summed E-state index contributed by atoms with van der Waals surface area (Å²) in [7, 11) is 0. The molecule has 0 aromatic carbocycles. The molecular formula is C13H24N4O. The summed E-state index contributed by atoms with van der Waals surface area (Å²) < 4.78 is 0. The van der Waals surface area contributed by atoms with E-state index in [1.807, 2.05) is 19.9 Å². The maximum absolute atomic E-state index is 9.08. The Morgan fingerprint density at radius 3 is 2.39 bits per heavy atom. The molecule has 0 saturated carbocycles. The van der Waals surface area contributed by atoms with Crippen LogP contribution in [0, 0.1) is 0 Å². The molecule has 0 saturated heterocycles. The highest BCUT2D eigenvalue weighted by Gasteiger charge is 2.19. The van der Waals surface area contributed by atoms with Gasteiger partial charge in [-0.15, -0.1) is 0 Å². The van der Waals surface area contributed by atoms with Crippen LogP contribution in [0.25, 0.3) is 0 Å². The fourth-order valence-corrected chi connectivity index (χ4v) is 1.43. The lowest BCUT2D eigenvalue weighted by Crippen LogP contribution is -2.23. The summed E-state index contributed by atoms with van der Waals surface area (Å²) in [6.07, 6.45) is 0. The van der Waals surface area contributed by atoms with E-state index < -0.39 is 0 Å². The Labute approximate surface area is 109 Å². The average molecular weight is 252 g/mol. The van der Waals surface area contributed by atoms with Crippen LogP contribution >= 0.6 is 0 Å². The van der Waals surface area contributed by atoms with Crippen molar-refractivity contribution in [2.24, 2.45) is 0 Å². The largest absolute Gasteiger partial charge is 0.394 e. The molecule has 3 N–H and O–H groups in total. The number of nitrogens with one attached hydrogen (secondary N) is 2. The molecule has 0 radical (unpaired) electrons. The first-order valence-corrected chi connectivity index (χ1v) is 6.37. The van der Waals surface area contributed by atoms with Gasteiger partial charge in [-0.05, 0) is 13.8 Å². The first-order chi connectivity index (χ1) is 8.36. The molecule has 1 rings (SSSR count). The molecule has 1 aromatic heterocycles. The average Bonchev–Trinajstić information content (AvgIpc) is 2.27. The molecule has 0 aliphatic rings. The molecule has 0 amide bonds. The molecule has 5 heteroatoms. The number of aromatic nitrogens is 2. The lowest BCUT2D eigenvalue weighted by atomic mass is 9.96. The van der Waals surface area contributed by atoms with Crippen LogP contribution in [0.1, 0.15) is 40.4 Å². The van der Waals surface area contributed by atoms with Crippen molar-refractivity contribution < 1.29 is 5.11 Å². The van der Waals surface area contributed by atoms with Gasteiger partial charge in [-0.25, -0.2) is 9.97 Å². The number of hydrogen-bond acceptors (Lipinski definition) is 5. The van der Waals surface area contributed by atoms with E-state index in [9.17, 15) is 0 Å². The summed E-state index contributed by atoms with van der Waals surface area (Å²) in [6.45, 7) is 11.1. The molecule has 1 unspecified atom stereocenters. The molecule has 5 nitrogen and oxygen atoms in total. The van der Waals surface area contributed by atoms with Crippen molar-refractivity contribution >= 4 is 11.6 Å². The van der Waals surface area contributed by atoms with Crippen LogP contribution in [0.5, 0.6) is 0 Å². The minimum atomic E-state index is -0.107. The van der Waals surface area contributed by atoms with Crippen LogP contribution in [0.4, 0.5) is 11.6 Å². The van der Waals surface area contributed by atoms with Gasteiger partial charge in [-0.1, -0.05) is 20.8 Å². The van der Waals surface area contributed by atoms with Crippen molar-refractivity contribution in [3.8, 4) is 0 Å². The standard InChI is InChI=1S/C13H24N4O/c1-6-14-10-7-11(15-9(2)8-18)17-12(16-10)13(3,4)5/h7,9,18H,6,8H2,1-5H3,(H2,14,15,16,17). The van der Waals surface area contributed by atoms with Gasteiger partial charge in [0.1, 0.15) is 17.5 Å². The first kappa shape index (κ1) is 14.7. The Bertz CT molecular complexity index is 387. The smallest absolute Gasteiger partial charge is 0.138 e. The topological polar surface area (TPSA) is 70.1 Å². The van der Waals surface area contributed by atoms with E-state index in [-0.39, 0.29) is 18.1 Å². The molecule has 0 fully saturated rings. The molecule has 1 heterocycles. The van der Waals surface area contributed by atoms with E-state index in [1.54, 1.807) is 0 Å². The third-order valence-electron chi connectivity index (χ3n) is 2.42. The number of aliphatic hydroxyl groups excluding tert-OH is 1. The van der Waals surface area contributed by atoms with Gasteiger partial charge in [0, 0.05) is 24.1 Å². The van der Waals surface area contributed by atoms with Gasteiger partial charge < -0.3 is 15.7 Å². The SMILES string of the molecule is CCNc1cc(NC(C)CO)nc(C(C)(C)C)n1. The predicted molar refractivity (Wildman–Crippen MR) is 75.1 cm³/mol. The summed E-state index contributed by atoms with van der Waals surface area (Å²) in [5.41, 5.74) is -0.107. The molecule has 0 bridgehead atoms. The van der Waals surface area contributed by atoms with E-state index in [2.05, 4.69) is 41.4 Å². The third-order valence-corrected chi connectivity index (χ3v) is 2.42. The lowest BCUT2D eigenvalue weighted by molar-refractivity contribution is 0.281. The first-order valence-electron chi connectivity index (χ1n) is 6.37. The summed E-state index contributed by atoms with van der Waals surface area (Å²) in [5, 5.41) is 15.4. The third kappa shape index (κ3) is 4.14. The maximum atomic E-state index is 9.08. The zero-order valence-corrected chi connectivity index (χ0v) is 11.9. The van der Waals surface area contributed by atoms with Gasteiger partial charge in [0.15, 0.2) is 0 Å². The Morgan fingerprint density at radius 1 is 1.28 bits per heavy atom. The number of anilines is 2. The van der Waals surface area contributed by atoms with Crippen LogP contribution in [-0.2, 0) is 5.41 Å². The second-order valence-electron chi connectivity index (χ2n) is 5.47. The molecule has 18 heavy (non-hydrogen) atoms. The zero-order chi connectivity index (χ0) is 13.8. The van der Waals surface area contributed by atoms with Crippen molar-refractivity contribution in [1.82, 2.24) is 9.97 Å².